The second kappa shape index (κ2) is 7.70. The molecule has 2 atom stereocenters. The van der Waals surface area contributed by atoms with Crippen LogP contribution in [0.15, 0.2) is 41.1 Å². The molecule has 1 aliphatic rings. The lowest BCUT2D eigenvalue weighted by atomic mass is 10.0. The summed E-state index contributed by atoms with van der Waals surface area (Å²) in [5.41, 5.74) is 1.10. The van der Waals surface area contributed by atoms with E-state index in [4.69, 9.17) is 9.15 Å². The van der Waals surface area contributed by atoms with E-state index >= 15 is 0 Å². The number of benzene rings is 1. The zero-order valence-corrected chi connectivity index (χ0v) is 18.8. The largest absolute Gasteiger partial charge is 0.497 e. The van der Waals surface area contributed by atoms with Crippen LogP contribution in [0.3, 0.4) is 0 Å². The van der Waals surface area contributed by atoms with Gasteiger partial charge in [0.05, 0.1) is 18.3 Å². The molecule has 1 fully saturated rings. The molecule has 3 heterocycles. The molecule has 0 aliphatic heterocycles. The number of fused-ring (bicyclic) bond motifs is 2. The van der Waals surface area contributed by atoms with Gasteiger partial charge in [0.15, 0.2) is 5.58 Å². The van der Waals surface area contributed by atoms with Gasteiger partial charge in [-0.2, -0.15) is 0 Å². The Labute approximate surface area is 190 Å². The standard InChI is InChI=1S/C24H25N5O4/c1-24(2,31)17-8-14(17)22(30)29-20-9-13-15(10-26-20)21(25-3)27-11-16(13)23-28-18-7-12(32-4)5-6-19(18)33-23/h5-7,9-11,14,17,31H,8H2,1-4H3,(H,25,27)(H,26,29,30). The molecular formula is C24H25N5O4. The summed E-state index contributed by atoms with van der Waals surface area (Å²) >= 11 is 0. The third-order valence-corrected chi connectivity index (χ3v) is 6.12. The Morgan fingerprint density at radius 3 is 2.73 bits per heavy atom. The molecule has 2 unspecified atom stereocenters. The molecule has 1 saturated carbocycles. The third kappa shape index (κ3) is 3.84. The van der Waals surface area contributed by atoms with Crippen molar-refractivity contribution in [3.8, 4) is 17.2 Å². The van der Waals surface area contributed by atoms with Gasteiger partial charge in [-0.3, -0.25) is 4.79 Å². The number of nitrogens with one attached hydrogen (secondary N) is 2. The number of ether oxygens (including phenoxy) is 1. The van der Waals surface area contributed by atoms with Crippen LogP contribution in [0, 0.1) is 11.8 Å². The Hall–Kier alpha value is -3.72. The van der Waals surface area contributed by atoms with E-state index in [0.29, 0.717) is 46.4 Å². The number of anilines is 2. The van der Waals surface area contributed by atoms with Gasteiger partial charge in [-0.05, 0) is 44.4 Å². The predicted molar refractivity (Wildman–Crippen MR) is 125 cm³/mol. The first-order chi connectivity index (χ1) is 15.8. The van der Waals surface area contributed by atoms with E-state index in [-0.39, 0.29) is 17.7 Å². The first-order valence-electron chi connectivity index (χ1n) is 10.7. The number of amides is 1. The van der Waals surface area contributed by atoms with E-state index in [2.05, 4.69) is 25.6 Å². The van der Waals surface area contributed by atoms with Gasteiger partial charge >= 0.3 is 0 Å². The fourth-order valence-corrected chi connectivity index (χ4v) is 4.21. The maximum absolute atomic E-state index is 12.7. The number of carbonyl (C=O) groups is 1. The fraction of sp³-hybridized carbons (Fsp3) is 0.333. The van der Waals surface area contributed by atoms with Gasteiger partial charge in [-0.1, -0.05) is 0 Å². The lowest BCUT2D eigenvalue weighted by molar-refractivity contribution is -0.118. The monoisotopic (exact) mass is 447 g/mol. The zero-order chi connectivity index (χ0) is 23.3. The molecule has 1 amide bonds. The number of methoxy groups -OCH3 is 1. The van der Waals surface area contributed by atoms with E-state index in [1.807, 2.05) is 18.2 Å². The van der Waals surface area contributed by atoms with Crippen molar-refractivity contribution in [1.82, 2.24) is 15.0 Å². The summed E-state index contributed by atoms with van der Waals surface area (Å²) < 4.78 is 11.3. The number of hydrogen-bond donors (Lipinski definition) is 3. The molecule has 0 spiro atoms. The molecule has 5 rings (SSSR count). The molecule has 0 saturated heterocycles. The topological polar surface area (TPSA) is 122 Å². The summed E-state index contributed by atoms with van der Waals surface area (Å²) in [6.07, 6.45) is 4.01. The van der Waals surface area contributed by atoms with E-state index in [0.717, 1.165) is 10.8 Å². The predicted octanol–water partition coefficient (Wildman–Crippen LogP) is 3.83. The van der Waals surface area contributed by atoms with Crippen LogP contribution in [-0.2, 0) is 4.79 Å². The van der Waals surface area contributed by atoms with Gasteiger partial charge in [0.25, 0.3) is 0 Å². The number of carbonyl (C=O) groups excluding carboxylic acids is 1. The lowest BCUT2D eigenvalue weighted by Gasteiger charge is -2.16. The number of rotatable bonds is 6. The number of hydrogen-bond acceptors (Lipinski definition) is 8. The zero-order valence-electron chi connectivity index (χ0n) is 18.8. The van der Waals surface area contributed by atoms with Crippen LogP contribution in [0.5, 0.6) is 5.75 Å². The highest BCUT2D eigenvalue weighted by Crippen LogP contribution is 2.46. The van der Waals surface area contributed by atoms with Crippen LogP contribution < -0.4 is 15.4 Å². The van der Waals surface area contributed by atoms with Crippen LogP contribution in [0.1, 0.15) is 20.3 Å². The molecule has 9 nitrogen and oxygen atoms in total. The highest BCUT2D eigenvalue weighted by Gasteiger charge is 2.51. The van der Waals surface area contributed by atoms with Crippen molar-refractivity contribution < 1.29 is 19.1 Å². The molecule has 1 aromatic carbocycles. The summed E-state index contributed by atoms with van der Waals surface area (Å²) in [6, 6.07) is 7.22. The van der Waals surface area contributed by atoms with Gasteiger partial charge in [-0.25, -0.2) is 15.0 Å². The van der Waals surface area contributed by atoms with Crippen molar-refractivity contribution in [1.29, 1.82) is 0 Å². The van der Waals surface area contributed by atoms with Crippen molar-refractivity contribution in [2.24, 2.45) is 11.8 Å². The van der Waals surface area contributed by atoms with Crippen LogP contribution in [0.4, 0.5) is 11.6 Å². The average molecular weight is 447 g/mol. The Morgan fingerprint density at radius 2 is 2.03 bits per heavy atom. The first kappa shape index (κ1) is 21.1. The lowest BCUT2D eigenvalue weighted by Crippen LogP contribution is -2.26. The Morgan fingerprint density at radius 1 is 1.21 bits per heavy atom. The number of aromatic nitrogens is 3. The van der Waals surface area contributed by atoms with Crippen LogP contribution in [-0.4, -0.2) is 45.7 Å². The van der Waals surface area contributed by atoms with E-state index in [1.54, 1.807) is 46.5 Å². The minimum absolute atomic E-state index is 0.0506. The van der Waals surface area contributed by atoms with Crippen molar-refractivity contribution in [2.75, 3.05) is 24.8 Å². The number of aliphatic hydroxyl groups is 1. The molecule has 9 heteroatoms. The number of nitrogens with zero attached hydrogens (tertiary/aromatic N) is 3. The van der Waals surface area contributed by atoms with Gasteiger partial charge in [0.2, 0.25) is 11.8 Å². The van der Waals surface area contributed by atoms with E-state index in [1.165, 1.54) is 0 Å². The smallest absolute Gasteiger partial charge is 0.229 e. The highest BCUT2D eigenvalue weighted by molar-refractivity contribution is 6.03. The summed E-state index contributed by atoms with van der Waals surface area (Å²) in [5.74, 6) is 1.75. The molecular weight excluding hydrogens is 422 g/mol. The molecule has 3 N–H and O–H groups in total. The van der Waals surface area contributed by atoms with Crippen molar-refractivity contribution in [3.05, 3.63) is 36.7 Å². The third-order valence-electron chi connectivity index (χ3n) is 6.12. The second-order valence-electron chi connectivity index (χ2n) is 8.83. The molecule has 33 heavy (non-hydrogen) atoms. The molecule has 4 aromatic rings. The Balaban J connectivity index is 1.53. The SMILES string of the molecule is CNc1ncc(-c2nc3cc(OC)ccc3o2)c2cc(NC(=O)C3CC3C(C)(C)O)ncc12. The fourth-order valence-electron chi connectivity index (χ4n) is 4.21. The number of oxazole rings is 1. The molecule has 3 aromatic heterocycles. The first-order valence-corrected chi connectivity index (χ1v) is 10.7. The molecule has 0 radical (unpaired) electrons. The highest BCUT2D eigenvalue weighted by atomic mass is 16.5. The molecule has 0 bridgehead atoms. The Kier molecular flexibility index (Phi) is 4.93. The van der Waals surface area contributed by atoms with Gasteiger partial charge in [-0.15, -0.1) is 0 Å². The minimum atomic E-state index is -0.880. The molecule has 170 valence electrons. The summed E-state index contributed by atoms with van der Waals surface area (Å²) in [6.45, 7) is 3.46. The van der Waals surface area contributed by atoms with Crippen molar-refractivity contribution >= 4 is 39.4 Å². The maximum atomic E-state index is 12.7. The Bertz CT molecular complexity index is 1370. The van der Waals surface area contributed by atoms with E-state index in [9.17, 15) is 9.90 Å². The maximum Gasteiger partial charge on any atom is 0.229 e. The van der Waals surface area contributed by atoms with Gasteiger partial charge in [0, 0.05) is 42.2 Å². The van der Waals surface area contributed by atoms with Crippen molar-refractivity contribution in [2.45, 2.75) is 25.9 Å². The minimum Gasteiger partial charge on any atom is -0.497 e. The summed E-state index contributed by atoms with van der Waals surface area (Å²) in [5, 5.41) is 17.7. The summed E-state index contributed by atoms with van der Waals surface area (Å²) in [4.78, 5) is 26.2. The normalized spacial score (nSPS) is 17.8. The average Bonchev–Trinajstić information content (AvgIpc) is 3.51. The van der Waals surface area contributed by atoms with Crippen LogP contribution in [0.25, 0.3) is 33.3 Å². The van der Waals surface area contributed by atoms with Crippen molar-refractivity contribution in [3.63, 3.8) is 0 Å². The molecule has 1 aliphatic carbocycles. The number of pyridine rings is 2. The second-order valence-corrected chi connectivity index (χ2v) is 8.83. The van der Waals surface area contributed by atoms with Gasteiger partial charge < -0.3 is 24.9 Å². The van der Waals surface area contributed by atoms with Gasteiger partial charge in [0.1, 0.15) is 22.9 Å². The van der Waals surface area contributed by atoms with Crippen LogP contribution in [0.2, 0.25) is 0 Å². The quantitative estimate of drug-likeness (QED) is 0.408. The van der Waals surface area contributed by atoms with Crippen LogP contribution >= 0.6 is 0 Å². The summed E-state index contributed by atoms with van der Waals surface area (Å²) in [7, 11) is 3.39. The van der Waals surface area contributed by atoms with E-state index < -0.39 is 5.60 Å².